The fourth-order valence-electron chi connectivity index (χ4n) is 2.83. The van der Waals surface area contributed by atoms with E-state index in [1.54, 1.807) is 7.11 Å². The summed E-state index contributed by atoms with van der Waals surface area (Å²) in [5, 5.41) is 0. The minimum Gasteiger partial charge on any atom is -0.497 e. The number of likely N-dealkylation sites (N-methyl/N-ethyl adjacent to an activating group) is 1. The molecule has 2 rings (SSSR count). The number of benzene rings is 2. The van der Waals surface area contributed by atoms with Gasteiger partial charge in [-0.1, -0.05) is 24.3 Å². The van der Waals surface area contributed by atoms with Crippen LogP contribution in [0.15, 0.2) is 42.5 Å². The third-order valence-corrected chi connectivity index (χ3v) is 4.03. The maximum Gasteiger partial charge on any atom is 0.120 e. The van der Waals surface area contributed by atoms with E-state index >= 15 is 0 Å². The monoisotopic (exact) mass is 284 g/mol. The van der Waals surface area contributed by atoms with E-state index in [-0.39, 0.29) is 6.04 Å². The van der Waals surface area contributed by atoms with Crippen LogP contribution in [-0.4, -0.2) is 20.7 Å². The molecule has 0 radical (unpaired) electrons. The lowest BCUT2D eigenvalue weighted by Crippen LogP contribution is -2.31. The smallest absolute Gasteiger partial charge is 0.120 e. The van der Waals surface area contributed by atoms with Crippen LogP contribution in [0.5, 0.6) is 5.75 Å². The molecule has 0 fully saturated rings. The standard InChI is InChI=1S/C18H24N2O/c1-13-7-5-8-14(2)18(13)17(12-19)20(3)15-9-6-10-16(11-15)21-4/h5-11,17H,12,19H2,1-4H3. The summed E-state index contributed by atoms with van der Waals surface area (Å²) in [6, 6.07) is 14.6. The van der Waals surface area contributed by atoms with Crippen LogP contribution < -0.4 is 15.4 Å². The molecular formula is C18H24N2O. The molecule has 112 valence electrons. The quantitative estimate of drug-likeness (QED) is 0.914. The van der Waals surface area contributed by atoms with Gasteiger partial charge in [0.05, 0.1) is 13.2 Å². The molecule has 2 aromatic carbocycles. The fraction of sp³-hybridized carbons (Fsp3) is 0.333. The van der Waals surface area contributed by atoms with Crippen LogP contribution >= 0.6 is 0 Å². The minimum absolute atomic E-state index is 0.151. The molecule has 21 heavy (non-hydrogen) atoms. The largest absolute Gasteiger partial charge is 0.497 e. The summed E-state index contributed by atoms with van der Waals surface area (Å²) < 4.78 is 5.31. The Morgan fingerprint density at radius 2 is 1.71 bits per heavy atom. The number of rotatable bonds is 5. The number of aryl methyl sites for hydroxylation is 2. The van der Waals surface area contributed by atoms with E-state index < -0.39 is 0 Å². The molecule has 0 saturated heterocycles. The van der Waals surface area contributed by atoms with Crippen molar-refractivity contribution >= 4 is 5.69 Å². The number of anilines is 1. The Balaban J connectivity index is 2.40. The summed E-state index contributed by atoms with van der Waals surface area (Å²) in [4.78, 5) is 2.22. The van der Waals surface area contributed by atoms with Crippen LogP contribution in [0.25, 0.3) is 0 Å². The Kier molecular flexibility index (Phi) is 4.86. The van der Waals surface area contributed by atoms with Crippen molar-refractivity contribution in [1.29, 1.82) is 0 Å². The molecule has 2 aromatic rings. The number of hydrogen-bond donors (Lipinski definition) is 1. The van der Waals surface area contributed by atoms with Crippen LogP contribution in [0.4, 0.5) is 5.69 Å². The highest BCUT2D eigenvalue weighted by Gasteiger charge is 2.20. The zero-order valence-corrected chi connectivity index (χ0v) is 13.3. The van der Waals surface area contributed by atoms with Crippen molar-refractivity contribution in [2.75, 3.05) is 25.6 Å². The lowest BCUT2D eigenvalue weighted by Gasteiger charge is -2.32. The predicted octanol–water partition coefficient (Wildman–Crippen LogP) is 3.45. The summed E-state index contributed by atoms with van der Waals surface area (Å²) >= 11 is 0. The highest BCUT2D eigenvalue weighted by molar-refractivity contribution is 5.53. The average molecular weight is 284 g/mol. The van der Waals surface area contributed by atoms with Gasteiger partial charge in [0.25, 0.3) is 0 Å². The Bertz CT molecular complexity index is 590. The number of hydrogen-bond acceptors (Lipinski definition) is 3. The van der Waals surface area contributed by atoms with Crippen LogP contribution in [0.2, 0.25) is 0 Å². The maximum atomic E-state index is 6.08. The Morgan fingerprint density at radius 1 is 1.10 bits per heavy atom. The zero-order valence-electron chi connectivity index (χ0n) is 13.3. The van der Waals surface area contributed by atoms with E-state index in [1.807, 2.05) is 18.2 Å². The Hall–Kier alpha value is -2.00. The van der Waals surface area contributed by atoms with E-state index in [4.69, 9.17) is 10.5 Å². The molecule has 1 unspecified atom stereocenters. The average Bonchev–Trinajstić information content (AvgIpc) is 2.50. The van der Waals surface area contributed by atoms with Gasteiger partial charge in [-0.2, -0.15) is 0 Å². The van der Waals surface area contributed by atoms with Crippen LogP contribution in [0.3, 0.4) is 0 Å². The summed E-state index contributed by atoms with van der Waals surface area (Å²) in [6.07, 6.45) is 0. The Labute approximate surface area is 127 Å². The fourth-order valence-corrected chi connectivity index (χ4v) is 2.83. The highest BCUT2D eigenvalue weighted by atomic mass is 16.5. The first-order valence-electron chi connectivity index (χ1n) is 7.21. The summed E-state index contributed by atoms with van der Waals surface area (Å²) in [5.41, 5.74) is 11.0. The van der Waals surface area contributed by atoms with Gasteiger partial charge in [-0.3, -0.25) is 0 Å². The van der Waals surface area contributed by atoms with Crippen LogP contribution in [-0.2, 0) is 0 Å². The Morgan fingerprint density at radius 3 is 2.29 bits per heavy atom. The molecule has 1 atom stereocenters. The topological polar surface area (TPSA) is 38.5 Å². The molecule has 3 nitrogen and oxygen atoms in total. The van der Waals surface area contributed by atoms with Gasteiger partial charge in [-0.05, 0) is 42.7 Å². The van der Waals surface area contributed by atoms with E-state index in [2.05, 4.69) is 50.1 Å². The van der Waals surface area contributed by atoms with Gasteiger partial charge in [-0.15, -0.1) is 0 Å². The SMILES string of the molecule is COc1cccc(N(C)C(CN)c2c(C)cccc2C)c1. The highest BCUT2D eigenvalue weighted by Crippen LogP contribution is 2.30. The van der Waals surface area contributed by atoms with Gasteiger partial charge in [0, 0.05) is 25.3 Å². The first-order chi connectivity index (χ1) is 10.1. The molecule has 0 aliphatic rings. The second-order valence-corrected chi connectivity index (χ2v) is 5.37. The van der Waals surface area contributed by atoms with Crippen molar-refractivity contribution in [2.45, 2.75) is 19.9 Å². The second kappa shape index (κ2) is 6.64. The van der Waals surface area contributed by atoms with Crippen molar-refractivity contribution in [2.24, 2.45) is 5.73 Å². The van der Waals surface area contributed by atoms with Crippen LogP contribution in [0.1, 0.15) is 22.7 Å². The molecule has 0 aromatic heterocycles. The van der Waals surface area contributed by atoms with E-state index in [0.29, 0.717) is 6.54 Å². The predicted molar refractivity (Wildman–Crippen MR) is 89.1 cm³/mol. The van der Waals surface area contributed by atoms with Crippen molar-refractivity contribution < 1.29 is 4.74 Å². The van der Waals surface area contributed by atoms with Gasteiger partial charge < -0.3 is 15.4 Å². The van der Waals surface area contributed by atoms with Crippen molar-refractivity contribution in [3.05, 3.63) is 59.2 Å². The van der Waals surface area contributed by atoms with Gasteiger partial charge >= 0.3 is 0 Å². The number of nitrogens with two attached hydrogens (primary N) is 1. The third-order valence-electron chi connectivity index (χ3n) is 4.03. The summed E-state index contributed by atoms with van der Waals surface area (Å²) in [6.45, 7) is 4.86. The first-order valence-corrected chi connectivity index (χ1v) is 7.21. The van der Waals surface area contributed by atoms with Gasteiger partial charge in [0.2, 0.25) is 0 Å². The number of nitrogens with zero attached hydrogens (tertiary/aromatic N) is 1. The second-order valence-electron chi connectivity index (χ2n) is 5.37. The normalized spacial score (nSPS) is 12.0. The van der Waals surface area contributed by atoms with Crippen molar-refractivity contribution in [1.82, 2.24) is 0 Å². The van der Waals surface area contributed by atoms with Crippen molar-refractivity contribution in [3.8, 4) is 5.75 Å². The number of methoxy groups -OCH3 is 1. The molecular weight excluding hydrogens is 260 g/mol. The molecule has 0 heterocycles. The molecule has 0 spiro atoms. The summed E-state index contributed by atoms with van der Waals surface area (Å²) in [5.74, 6) is 0.858. The van der Waals surface area contributed by atoms with E-state index in [0.717, 1.165) is 11.4 Å². The minimum atomic E-state index is 0.151. The van der Waals surface area contributed by atoms with Crippen LogP contribution in [0, 0.1) is 13.8 Å². The van der Waals surface area contributed by atoms with E-state index in [1.165, 1.54) is 16.7 Å². The van der Waals surface area contributed by atoms with Crippen molar-refractivity contribution in [3.63, 3.8) is 0 Å². The first kappa shape index (κ1) is 15.4. The molecule has 3 heteroatoms. The molecule has 0 aliphatic carbocycles. The molecule has 2 N–H and O–H groups in total. The van der Waals surface area contributed by atoms with Gasteiger partial charge in [0.1, 0.15) is 5.75 Å². The molecule has 0 aliphatic heterocycles. The summed E-state index contributed by atoms with van der Waals surface area (Å²) in [7, 11) is 3.77. The molecule has 0 amide bonds. The maximum absolute atomic E-state index is 6.08. The van der Waals surface area contributed by atoms with Gasteiger partial charge in [0.15, 0.2) is 0 Å². The third kappa shape index (κ3) is 3.19. The zero-order chi connectivity index (χ0) is 15.4. The van der Waals surface area contributed by atoms with E-state index in [9.17, 15) is 0 Å². The molecule has 0 bridgehead atoms. The number of ether oxygens (including phenoxy) is 1. The lowest BCUT2D eigenvalue weighted by atomic mass is 9.95. The van der Waals surface area contributed by atoms with Gasteiger partial charge in [-0.25, -0.2) is 0 Å². The molecule has 0 saturated carbocycles. The lowest BCUT2D eigenvalue weighted by molar-refractivity contribution is 0.414.